The van der Waals surface area contributed by atoms with Gasteiger partial charge in [0.05, 0.1) is 11.6 Å². The molecule has 1 aromatic heterocycles. The van der Waals surface area contributed by atoms with Gasteiger partial charge in [0.2, 0.25) is 0 Å². The highest BCUT2D eigenvalue weighted by atomic mass is 32.2. The van der Waals surface area contributed by atoms with Crippen LogP contribution < -0.4 is 0 Å². The highest BCUT2D eigenvalue weighted by Crippen LogP contribution is 2.31. The van der Waals surface area contributed by atoms with Crippen LogP contribution in [0.15, 0.2) is 5.03 Å². The molecule has 0 radical (unpaired) electrons. The van der Waals surface area contributed by atoms with Crippen molar-refractivity contribution < 1.29 is 10.2 Å². The minimum Gasteiger partial charge on any atom is -0.393 e. The Kier molecular flexibility index (Phi) is 3.64. The monoisotopic (exact) mass is 215 g/mol. The van der Waals surface area contributed by atoms with Crippen LogP contribution in [0, 0.1) is 13.8 Å². The third-order valence-electron chi connectivity index (χ3n) is 2.62. The van der Waals surface area contributed by atoms with Gasteiger partial charge in [-0.3, -0.25) is 0 Å². The van der Waals surface area contributed by atoms with E-state index < -0.39 is 6.10 Å². The zero-order valence-corrected chi connectivity index (χ0v) is 9.85. The Hall–Kier alpha value is -0.450. The number of aliphatic hydroxyl groups excluding tert-OH is 2. The maximum absolute atomic E-state index is 9.65. The fourth-order valence-corrected chi connectivity index (χ4v) is 2.67. The predicted molar refractivity (Wildman–Crippen MR) is 58.7 cm³/mol. The molecule has 1 rings (SSSR count). The van der Waals surface area contributed by atoms with Gasteiger partial charge < -0.3 is 14.8 Å². The molecule has 1 atom stereocenters. The molecule has 2 N–H and O–H groups in total. The molecule has 0 aliphatic rings. The SMILES string of the molecule is CSc1c(C)c(C(O)CO)c(C)n1C. The first-order valence-corrected chi connectivity index (χ1v) is 5.75. The van der Waals surface area contributed by atoms with E-state index >= 15 is 0 Å². The molecule has 1 heterocycles. The van der Waals surface area contributed by atoms with Crippen molar-refractivity contribution in [2.45, 2.75) is 25.0 Å². The number of hydrogen-bond donors (Lipinski definition) is 2. The molecule has 4 heteroatoms. The summed E-state index contributed by atoms with van der Waals surface area (Å²) in [6, 6.07) is 0. The summed E-state index contributed by atoms with van der Waals surface area (Å²) >= 11 is 1.66. The first-order chi connectivity index (χ1) is 6.54. The van der Waals surface area contributed by atoms with Crippen LogP contribution in [0.3, 0.4) is 0 Å². The summed E-state index contributed by atoms with van der Waals surface area (Å²) < 4.78 is 2.05. The highest BCUT2D eigenvalue weighted by molar-refractivity contribution is 7.98. The van der Waals surface area contributed by atoms with Gasteiger partial charge in [0.15, 0.2) is 0 Å². The lowest BCUT2D eigenvalue weighted by atomic mass is 10.1. The van der Waals surface area contributed by atoms with Crippen molar-refractivity contribution in [3.63, 3.8) is 0 Å². The van der Waals surface area contributed by atoms with Gasteiger partial charge in [-0.2, -0.15) is 0 Å². The topological polar surface area (TPSA) is 45.4 Å². The molecule has 80 valence electrons. The molecule has 0 aliphatic carbocycles. The van der Waals surface area contributed by atoms with Crippen LogP contribution in [-0.2, 0) is 7.05 Å². The fraction of sp³-hybridized carbons (Fsp3) is 0.600. The Labute approximate surface area is 88.8 Å². The molecule has 1 aromatic rings. The van der Waals surface area contributed by atoms with Crippen molar-refractivity contribution >= 4 is 11.8 Å². The average molecular weight is 215 g/mol. The number of rotatable bonds is 3. The Morgan fingerprint density at radius 3 is 2.36 bits per heavy atom. The van der Waals surface area contributed by atoms with Crippen LogP contribution in [0.25, 0.3) is 0 Å². The second kappa shape index (κ2) is 4.38. The molecular formula is C10H17NO2S. The van der Waals surface area contributed by atoms with Crippen LogP contribution in [0.4, 0.5) is 0 Å². The van der Waals surface area contributed by atoms with E-state index in [9.17, 15) is 5.11 Å². The zero-order valence-electron chi connectivity index (χ0n) is 9.03. The lowest BCUT2D eigenvalue weighted by Crippen LogP contribution is -2.05. The molecule has 0 bridgehead atoms. The summed E-state index contributed by atoms with van der Waals surface area (Å²) in [6.45, 7) is 3.72. The van der Waals surface area contributed by atoms with Gasteiger partial charge in [-0.1, -0.05) is 0 Å². The van der Waals surface area contributed by atoms with Crippen LogP contribution in [-0.4, -0.2) is 27.6 Å². The van der Waals surface area contributed by atoms with Crippen molar-refractivity contribution in [3.05, 3.63) is 16.8 Å². The average Bonchev–Trinajstić information content (AvgIpc) is 2.38. The van der Waals surface area contributed by atoms with Crippen LogP contribution >= 0.6 is 11.8 Å². The van der Waals surface area contributed by atoms with Gasteiger partial charge in [0.1, 0.15) is 6.10 Å². The van der Waals surface area contributed by atoms with Crippen LogP contribution in [0.5, 0.6) is 0 Å². The summed E-state index contributed by atoms with van der Waals surface area (Å²) in [5.74, 6) is 0. The molecule has 0 amide bonds. The molecule has 0 aliphatic heterocycles. The lowest BCUT2D eigenvalue weighted by Gasteiger charge is -2.08. The predicted octanol–water partition coefficient (Wildman–Crippen LogP) is 1.39. The lowest BCUT2D eigenvalue weighted by molar-refractivity contribution is 0.0946. The molecule has 0 spiro atoms. The third-order valence-corrected chi connectivity index (χ3v) is 3.59. The van der Waals surface area contributed by atoms with Gasteiger partial charge in [-0.25, -0.2) is 0 Å². The number of nitrogens with zero attached hydrogens (tertiary/aromatic N) is 1. The van der Waals surface area contributed by atoms with Crippen LogP contribution in [0.1, 0.15) is 22.9 Å². The van der Waals surface area contributed by atoms with E-state index in [0.29, 0.717) is 0 Å². The molecule has 0 saturated heterocycles. The molecule has 14 heavy (non-hydrogen) atoms. The Balaban J connectivity index is 3.30. The van der Waals surface area contributed by atoms with E-state index in [4.69, 9.17) is 5.11 Å². The van der Waals surface area contributed by atoms with Gasteiger partial charge in [-0.05, 0) is 25.7 Å². The second-order valence-corrected chi connectivity index (χ2v) is 4.19. The first kappa shape index (κ1) is 11.6. The van der Waals surface area contributed by atoms with Gasteiger partial charge in [0, 0.05) is 18.3 Å². The largest absolute Gasteiger partial charge is 0.393 e. The Bertz CT molecular complexity index is 333. The number of hydrogen-bond acceptors (Lipinski definition) is 3. The Morgan fingerprint density at radius 2 is 2.00 bits per heavy atom. The smallest absolute Gasteiger partial charge is 0.104 e. The fourth-order valence-electron chi connectivity index (χ4n) is 1.84. The van der Waals surface area contributed by atoms with Gasteiger partial charge >= 0.3 is 0 Å². The van der Waals surface area contributed by atoms with E-state index in [1.807, 2.05) is 31.7 Å². The summed E-state index contributed by atoms with van der Waals surface area (Å²) in [5.41, 5.74) is 2.95. The van der Waals surface area contributed by atoms with Crippen molar-refractivity contribution in [2.75, 3.05) is 12.9 Å². The first-order valence-electron chi connectivity index (χ1n) is 4.53. The van der Waals surface area contributed by atoms with E-state index in [-0.39, 0.29) is 6.61 Å². The molecular weight excluding hydrogens is 198 g/mol. The third kappa shape index (κ3) is 1.69. The summed E-state index contributed by atoms with van der Waals surface area (Å²) in [6.07, 6.45) is 1.25. The standard InChI is InChI=1S/C10H17NO2S/c1-6-9(8(13)5-12)7(2)11(3)10(6)14-4/h8,12-13H,5H2,1-4H3. The minimum atomic E-state index is -0.762. The summed E-state index contributed by atoms with van der Waals surface area (Å²) in [7, 11) is 1.97. The van der Waals surface area contributed by atoms with Crippen molar-refractivity contribution in [2.24, 2.45) is 7.05 Å². The molecule has 1 unspecified atom stereocenters. The van der Waals surface area contributed by atoms with E-state index in [1.165, 1.54) is 0 Å². The van der Waals surface area contributed by atoms with E-state index in [2.05, 4.69) is 0 Å². The second-order valence-electron chi connectivity index (χ2n) is 3.39. The molecule has 0 saturated carbocycles. The van der Waals surface area contributed by atoms with Crippen LogP contribution in [0.2, 0.25) is 0 Å². The van der Waals surface area contributed by atoms with Crippen molar-refractivity contribution in [3.8, 4) is 0 Å². The highest BCUT2D eigenvalue weighted by Gasteiger charge is 2.19. The zero-order chi connectivity index (χ0) is 10.9. The normalized spacial score (nSPS) is 13.3. The maximum Gasteiger partial charge on any atom is 0.104 e. The minimum absolute atomic E-state index is 0.223. The number of thioether (sulfide) groups is 1. The molecule has 0 aromatic carbocycles. The summed E-state index contributed by atoms with van der Waals surface area (Å²) in [5, 5.41) is 19.7. The quantitative estimate of drug-likeness (QED) is 0.749. The molecule has 0 fully saturated rings. The van der Waals surface area contributed by atoms with Gasteiger partial charge in [0.25, 0.3) is 0 Å². The van der Waals surface area contributed by atoms with Crippen molar-refractivity contribution in [1.29, 1.82) is 0 Å². The van der Waals surface area contributed by atoms with Gasteiger partial charge in [-0.15, -0.1) is 11.8 Å². The van der Waals surface area contributed by atoms with Crippen molar-refractivity contribution in [1.82, 2.24) is 4.57 Å². The summed E-state index contributed by atoms with van der Waals surface area (Å²) in [4.78, 5) is 0. The number of aromatic nitrogens is 1. The molecule has 3 nitrogen and oxygen atoms in total. The maximum atomic E-state index is 9.65. The van der Waals surface area contributed by atoms with E-state index in [1.54, 1.807) is 11.8 Å². The Morgan fingerprint density at radius 1 is 1.43 bits per heavy atom. The van der Waals surface area contributed by atoms with E-state index in [0.717, 1.165) is 21.8 Å². The number of aliphatic hydroxyl groups is 2.